The summed E-state index contributed by atoms with van der Waals surface area (Å²) in [5.41, 5.74) is 2.36. The summed E-state index contributed by atoms with van der Waals surface area (Å²) in [6, 6.07) is 7.24. The first-order valence-corrected chi connectivity index (χ1v) is 10.6. The SMILES string of the molecule is CCN1Cc2nnn(CC3CCCCC3)c2-c2ccccc2S1(=O)=O. The quantitative estimate of drug-likeness (QED) is 0.844. The number of hydrogen-bond donors (Lipinski definition) is 0. The van der Waals surface area contributed by atoms with Crippen LogP contribution in [0.4, 0.5) is 0 Å². The summed E-state index contributed by atoms with van der Waals surface area (Å²) < 4.78 is 29.4. The highest BCUT2D eigenvalue weighted by atomic mass is 32.2. The lowest BCUT2D eigenvalue weighted by atomic mass is 9.89. The molecule has 1 aliphatic carbocycles. The highest BCUT2D eigenvalue weighted by molar-refractivity contribution is 7.89. The van der Waals surface area contributed by atoms with Crippen LogP contribution in [0.15, 0.2) is 29.2 Å². The standard InChI is InChI=1S/C18H24N4O2S/c1-2-21-13-16-18(15-10-6-7-11-17(15)25(21,23)24)22(20-19-16)12-14-8-4-3-5-9-14/h6-7,10-11,14H,2-5,8-9,12-13H2,1H3. The van der Waals surface area contributed by atoms with Crippen LogP contribution in [-0.4, -0.2) is 34.3 Å². The Labute approximate surface area is 148 Å². The molecule has 7 heteroatoms. The second-order valence-electron chi connectivity index (χ2n) is 7.00. The van der Waals surface area contributed by atoms with Gasteiger partial charge in [0, 0.05) is 18.7 Å². The van der Waals surface area contributed by atoms with Crippen LogP contribution in [-0.2, 0) is 23.1 Å². The first-order valence-electron chi connectivity index (χ1n) is 9.13. The highest BCUT2D eigenvalue weighted by Gasteiger charge is 2.34. The third kappa shape index (κ3) is 2.89. The lowest BCUT2D eigenvalue weighted by Crippen LogP contribution is -2.29. The minimum atomic E-state index is -3.50. The molecule has 2 aromatic rings. The van der Waals surface area contributed by atoms with Gasteiger partial charge in [-0.05, 0) is 24.8 Å². The molecule has 1 fully saturated rings. The normalized spacial score (nSPS) is 20.7. The molecule has 0 amide bonds. The van der Waals surface area contributed by atoms with E-state index < -0.39 is 10.0 Å². The van der Waals surface area contributed by atoms with Gasteiger partial charge in [-0.3, -0.25) is 0 Å². The third-order valence-electron chi connectivity index (χ3n) is 5.40. The van der Waals surface area contributed by atoms with Gasteiger partial charge in [0.25, 0.3) is 0 Å². The maximum Gasteiger partial charge on any atom is 0.244 e. The Morgan fingerprint density at radius 1 is 1.16 bits per heavy atom. The van der Waals surface area contributed by atoms with E-state index in [2.05, 4.69) is 10.3 Å². The summed E-state index contributed by atoms with van der Waals surface area (Å²) >= 11 is 0. The number of nitrogens with zero attached hydrogens (tertiary/aromatic N) is 4. The largest absolute Gasteiger partial charge is 0.244 e. The number of benzene rings is 1. The maximum absolute atomic E-state index is 13.0. The van der Waals surface area contributed by atoms with E-state index in [4.69, 9.17) is 0 Å². The van der Waals surface area contributed by atoms with Crippen LogP contribution in [0.2, 0.25) is 0 Å². The zero-order valence-electron chi connectivity index (χ0n) is 14.6. The van der Waals surface area contributed by atoms with Gasteiger partial charge in [0.15, 0.2) is 0 Å². The van der Waals surface area contributed by atoms with Crippen molar-refractivity contribution in [2.75, 3.05) is 6.54 Å². The molecule has 1 aromatic carbocycles. The van der Waals surface area contributed by atoms with Crippen LogP contribution >= 0.6 is 0 Å². The summed E-state index contributed by atoms with van der Waals surface area (Å²) in [5.74, 6) is 0.605. The molecule has 1 saturated carbocycles. The molecular weight excluding hydrogens is 336 g/mol. The Balaban J connectivity index is 1.82. The summed E-state index contributed by atoms with van der Waals surface area (Å²) in [4.78, 5) is 0.364. The van der Waals surface area contributed by atoms with Crippen molar-refractivity contribution in [2.24, 2.45) is 5.92 Å². The number of rotatable bonds is 3. The van der Waals surface area contributed by atoms with Crippen LogP contribution in [0.5, 0.6) is 0 Å². The second-order valence-corrected chi connectivity index (χ2v) is 8.90. The number of fused-ring (bicyclic) bond motifs is 3. The minimum Gasteiger partial charge on any atom is -0.244 e. The summed E-state index contributed by atoms with van der Waals surface area (Å²) in [6.07, 6.45) is 6.30. The van der Waals surface area contributed by atoms with Gasteiger partial charge < -0.3 is 0 Å². The van der Waals surface area contributed by atoms with Gasteiger partial charge in [0.05, 0.1) is 17.1 Å². The summed E-state index contributed by atoms with van der Waals surface area (Å²) in [6.45, 7) is 3.39. The predicted molar refractivity (Wildman–Crippen MR) is 95.3 cm³/mol. The fourth-order valence-corrected chi connectivity index (χ4v) is 5.66. The zero-order valence-corrected chi connectivity index (χ0v) is 15.4. The van der Waals surface area contributed by atoms with Gasteiger partial charge in [-0.2, -0.15) is 4.31 Å². The smallest absolute Gasteiger partial charge is 0.244 e. The van der Waals surface area contributed by atoms with Gasteiger partial charge >= 0.3 is 0 Å². The molecule has 6 nitrogen and oxygen atoms in total. The van der Waals surface area contributed by atoms with Crippen LogP contribution in [0, 0.1) is 5.92 Å². The van der Waals surface area contributed by atoms with Crippen molar-refractivity contribution < 1.29 is 8.42 Å². The molecule has 25 heavy (non-hydrogen) atoms. The molecule has 0 unspecified atom stereocenters. The summed E-state index contributed by atoms with van der Waals surface area (Å²) in [5, 5.41) is 8.75. The van der Waals surface area contributed by atoms with E-state index in [1.807, 2.05) is 23.7 Å². The van der Waals surface area contributed by atoms with Gasteiger partial charge in [0.1, 0.15) is 5.69 Å². The fourth-order valence-electron chi connectivity index (χ4n) is 4.05. The van der Waals surface area contributed by atoms with Crippen molar-refractivity contribution in [3.05, 3.63) is 30.0 Å². The molecule has 2 aliphatic rings. The molecule has 1 aliphatic heterocycles. The van der Waals surface area contributed by atoms with E-state index in [0.717, 1.165) is 23.5 Å². The van der Waals surface area contributed by atoms with Crippen molar-refractivity contribution in [2.45, 2.75) is 57.0 Å². The maximum atomic E-state index is 13.0. The number of aromatic nitrogens is 3. The van der Waals surface area contributed by atoms with Crippen molar-refractivity contribution >= 4 is 10.0 Å². The second kappa shape index (κ2) is 6.53. The lowest BCUT2D eigenvalue weighted by molar-refractivity contribution is 0.307. The Morgan fingerprint density at radius 2 is 1.92 bits per heavy atom. The molecule has 0 atom stereocenters. The molecule has 134 valence electrons. The fraction of sp³-hybridized carbons (Fsp3) is 0.556. The molecular formula is C18H24N4O2S. The van der Waals surface area contributed by atoms with Crippen LogP contribution in [0.25, 0.3) is 11.3 Å². The van der Waals surface area contributed by atoms with E-state index in [9.17, 15) is 8.42 Å². The molecule has 0 saturated heterocycles. The van der Waals surface area contributed by atoms with E-state index in [-0.39, 0.29) is 6.54 Å². The number of hydrogen-bond acceptors (Lipinski definition) is 4. The minimum absolute atomic E-state index is 0.285. The van der Waals surface area contributed by atoms with Crippen LogP contribution in [0.3, 0.4) is 0 Å². The Bertz CT molecular complexity index is 869. The summed E-state index contributed by atoms with van der Waals surface area (Å²) in [7, 11) is -3.50. The first-order chi connectivity index (χ1) is 12.1. The van der Waals surface area contributed by atoms with E-state index in [1.165, 1.54) is 36.4 Å². The Hall–Kier alpha value is -1.73. The monoisotopic (exact) mass is 360 g/mol. The average molecular weight is 360 g/mol. The molecule has 0 radical (unpaired) electrons. The van der Waals surface area contributed by atoms with Crippen LogP contribution in [0.1, 0.15) is 44.7 Å². The third-order valence-corrected chi connectivity index (χ3v) is 7.38. The van der Waals surface area contributed by atoms with E-state index in [1.54, 1.807) is 12.1 Å². The lowest BCUT2D eigenvalue weighted by Gasteiger charge is -2.22. The zero-order chi connectivity index (χ0) is 17.4. The van der Waals surface area contributed by atoms with Gasteiger partial charge in [-0.25, -0.2) is 13.1 Å². The predicted octanol–water partition coefficient (Wildman–Crippen LogP) is 3.05. The van der Waals surface area contributed by atoms with Crippen molar-refractivity contribution in [1.82, 2.24) is 19.3 Å². The van der Waals surface area contributed by atoms with Gasteiger partial charge in [0.2, 0.25) is 10.0 Å². The van der Waals surface area contributed by atoms with Crippen molar-refractivity contribution in [3.8, 4) is 11.3 Å². The molecule has 4 rings (SSSR count). The Kier molecular flexibility index (Phi) is 4.37. The molecule has 2 heterocycles. The first kappa shape index (κ1) is 16.7. The molecule has 1 aromatic heterocycles. The van der Waals surface area contributed by atoms with Crippen LogP contribution < -0.4 is 0 Å². The van der Waals surface area contributed by atoms with Gasteiger partial charge in [-0.15, -0.1) is 5.10 Å². The topological polar surface area (TPSA) is 68.1 Å². The highest BCUT2D eigenvalue weighted by Crippen LogP contribution is 2.36. The van der Waals surface area contributed by atoms with Crippen molar-refractivity contribution in [1.29, 1.82) is 0 Å². The van der Waals surface area contributed by atoms with Gasteiger partial charge in [-0.1, -0.05) is 49.6 Å². The van der Waals surface area contributed by atoms with E-state index in [0.29, 0.717) is 17.4 Å². The number of sulfonamides is 1. The average Bonchev–Trinajstić information content (AvgIpc) is 2.98. The molecule has 0 bridgehead atoms. The van der Waals surface area contributed by atoms with Crippen molar-refractivity contribution in [3.63, 3.8) is 0 Å². The Morgan fingerprint density at radius 3 is 2.68 bits per heavy atom. The molecule has 0 spiro atoms. The molecule has 0 N–H and O–H groups in total. The van der Waals surface area contributed by atoms with E-state index >= 15 is 0 Å².